The summed E-state index contributed by atoms with van der Waals surface area (Å²) in [6.07, 6.45) is 21.6. The van der Waals surface area contributed by atoms with Crippen LogP contribution in [0.15, 0.2) is 0 Å². The molecule has 0 atom stereocenters. The van der Waals surface area contributed by atoms with Crippen LogP contribution in [-0.4, -0.2) is 56.6 Å². The number of rotatable bonds is 23. The minimum atomic E-state index is -4.80. The third kappa shape index (κ3) is 22.0. The van der Waals surface area contributed by atoms with Crippen LogP contribution in [0.25, 0.3) is 0 Å². The lowest BCUT2D eigenvalue weighted by molar-refractivity contribution is -0.890. The normalized spacial score (nSPS) is 12.8. The molecule has 4 N–H and O–H groups in total. The van der Waals surface area contributed by atoms with Crippen molar-refractivity contribution in [1.29, 1.82) is 0 Å². The molecular formula is C24H54BrNO6P2. The van der Waals surface area contributed by atoms with Crippen molar-refractivity contribution in [3.63, 3.8) is 0 Å². The minimum Gasteiger partial charge on any atom is -1.00 e. The molecule has 34 heavy (non-hydrogen) atoms. The molecule has 10 heteroatoms. The fraction of sp³-hybridized carbons (Fsp3) is 1.00. The summed E-state index contributed by atoms with van der Waals surface area (Å²) >= 11 is 0. The summed E-state index contributed by atoms with van der Waals surface area (Å²) in [6.45, 7) is 3.88. The summed E-state index contributed by atoms with van der Waals surface area (Å²) in [6, 6.07) is 0. The molecular weight excluding hydrogens is 540 g/mol. The first-order valence-electron chi connectivity index (χ1n) is 13.3. The van der Waals surface area contributed by atoms with Crippen LogP contribution in [0.1, 0.15) is 122 Å². The Bertz CT molecular complexity index is 546. The molecule has 0 spiro atoms. The van der Waals surface area contributed by atoms with Crippen molar-refractivity contribution in [3.05, 3.63) is 0 Å². The number of halogens is 1. The first-order chi connectivity index (χ1) is 15.4. The highest BCUT2D eigenvalue weighted by molar-refractivity contribution is 7.70. The summed E-state index contributed by atoms with van der Waals surface area (Å²) in [4.78, 5) is 36.9. The van der Waals surface area contributed by atoms with Crippen LogP contribution in [0.2, 0.25) is 0 Å². The first kappa shape index (κ1) is 36.9. The highest BCUT2D eigenvalue weighted by Crippen LogP contribution is 2.61. The predicted octanol–water partition coefficient (Wildman–Crippen LogP) is 3.79. The van der Waals surface area contributed by atoms with Gasteiger partial charge in [0.05, 0.1) is 27.2 Å². The van der Waals surface area contributed by atoms with E-state index in [-0.39, 0.29) is 23.4 Å². The molecule has 0 amide bonds. The lowest BCUT2D eigenvalue weighted by Gasteiger charge is -2.30. The van der Waals surface area contributed by atoms with E-state index in [1.54, 1.807) is 0 Å². The maximum atomic E-state index is 11.4. The Hall–Kier alpha value is 0.740. The van der Waals surface area contributed by atoms with Gasteiger partial charge in [0.2, 0.25) is 0 Å². The fourth-order valence-electron chi connectivity index (χ4n) is 4.43. The zero-order valence-corrected chi connectivity index (χ0v) is 25.4. The zero-order valence-electron chi connectivity index (χ0n) is 22.0. The second-order valence-corrected chi connectivity index (χ2v) is 14.5. The maximum absolute atomic E-state index is 11.4. The Morgan fingerprint density at radius 2 is 0.853 bits per heavy atom. The third-order valence-corrected chi connectivity index (χ3v) is 10.5. The number of nitrogens with zero attached hydrogens (tertiary/aromatic N) is 1. The molecule has 0 saturated heterocycles. The molecule has 0 radical (unpaired) electrons. The first-order valence-corrected chi connectivity index (χ1v) is 16.7. The van der Waals surface area contributed by atoms with E-state index in [9.17, 15) is 28.7 Å². The summed E-state index contributed by atoms with van der Waals surface area (Å²) in [5.74, 6) is 0. The van der Waals surface area contributed by atoms with Crippen molar-refractivity contribution in [2.75, 3.05) is 27.2 Å². The molecule has 0 aliphatic carbocycles. The monoisotopic (exact) mass is 593 g/mol. The average Bonchev–Trinajstić information content (AvgIpc) is 2.69. The molecule has 0 aromatic carbocycles. The van der Waals surface area contributed by atoms with Gasteiger partial charge in [0.15, 0.2) is 5.40 Å². The Morgan fingerprint density at radius 1 is 0.559 bits per heavy atom. The van der Waals surface area contributed by atoms with Crippen LogP contribution in [0, 0.1) is 0 Å². The van der Waals surface area contributed by atoms with Gasteiger partial charge >= 0.3 is 15.2 Å². The molecule has 0 rings (SSSR count). The predicted molar refractivity (Wildman–Crippen MR) is 138 cm³/mol. The van der Waals surface area contributed by atoms with Gasteiger partial charge in [-0.05, 0) is 25.7 Å². The summed E-state index contributed by atoms with van der Waals surface area (Å²) in [5.41, 5.74) is 0. The molecule has 0 saturated carbocycles. The van der Waals surface area contributed by atoms with E-state index in [1.165, 1.54) is 96.3 Å². The lowest BCUT2D eigenvalue weighted by Crippen LogP contribution is -3.00. The minimum absolute atomic E-state index is 0. The van der Waals surface area contributed by atoms with E-state index < -0.39 is 20.6 Å². The summed E-state index contributed by atoms with van der Waals surface area (Å²) < 4.78 is 23.4. The zero-order chi connectivity index (χ0) is 25.2. The van der Waals surface area contributed by atoms with E-state index >= 15 is 0 Å². The molecule has 0 fully saturated rings. The Kier molecular flexibility index (Phi) is 22.5. The van der Waals surface area contributed by atoms with Crippen molar-refractivity contribution in [1.82, 2.24) is 0 Å². The van der Waals surface area contributed by atoms with E-state index in [4.69, 9.17) is 0 Å². The highest BCUT2D eigenvalue weighted by Gasteiger charge is 2.42. The standard InChI is InChI=1S/C24H53NO6P2.BrH/c1-4-5-6-7-8-9-10-11-12-13-14-15-16-17-18-19-22-25(2,3)23-20-21-24(32(26,27)28)33(29,30)31;/h24H,4-23H2,1-3H3,(H3-,26,27,28,29,30,31);1H. The molecule has 208 valence electrons. The van der Waals surface area contributed by atoms with Crippen LogP contribution in [0.4, 0.5) is 0 Å². The van der Waals surface area contributed by atoms with Crippen LogP contribution < -0.4 is 17.0 Å². The van der Waals surface area contributed by atoms with Gasteiger partial charge in [0, 0.05) is 0 Å². The highest BCUT2D eigenvalue weighted by atomic mass is 79.9. The van der Waals surface area contributed by atoms with Gasteiger partial charge in [0.1, 0.15) is 0 Å². The van der Waals surface area contributed by atoms with Crippen LogP contribution in [0.5, 0.6) is 0 Å². The molecule has 0 unspecified atom stereocenters. The fourth-order valence-corrected chi connectivity index (χ4v) is 7.04. The van der Waals surface area contributed by atoms with Gasteiger partial charge in [-0.3, -0.25) is 9.13 Å². The molecule has 7 nitrogen and oxygen atoms in total. The molecule has 0 aromatic heterocycles. The SMILES string of the molecule is CCCCCCCCCCCCCCCCCC[N+](C)(C)CCCC(P(=O)(O)O)P(=O)(O)O.[Br-]. The summed E-state index contributed by atoms with van der Waals surface area (Å²) in [5, 5.41) is -1.87. The molecule has 0 bridgehead atoms. The second kappa shape index (κ2) is 20.8. The lowest BCUT2D eigenvalue weighted by atomic mass is 10.0. The number of unbranched alkanes of at least 4 members (excludes halogenated alkanes) is 15. The number of hydrogen-bond acceptors (Lipinski definition) is 2. The van der Waals surface area contributed by atoms with E-state index in [0.29, 0.717) is 17.4 Å². The van der Waals surface area contributed by atoms with Crippen molar-refractivity contribution in [3.8, 4) is 0 Å². The van der Waals surface area contributed by atoms with E-state index in [2.05, 4.69) is 21.0 Å². The Morgan fingerprint density at radius 3 is 1.18 bits per heavy atom. The van der Waals surface area contributed by atoms with Crippen molar-refractivity contribution < 1.29 is 50.2 Å². The summed E-state index contributed by atoms with van der Waals surface area (Å²) in [7, 11) is -5.48. The molecule has 0 aliphatic heterocycles. The van der Waals surface area contributed by atoms with Gasteiger partial charge in [-0.25, -0.2) is 0 Å². The number of hydrogen-bond donors (Lipinski definition) is 4. The number of quaternary nitrogens is 1. The van der Waals surface area contributed by atoms with Crippen LogP contribution >= 0.6 is 15.2 Å². The van der Waals surface area contributed by atoms with Gasteiger partial charge in [-0.15, -0.1) is 0 Å². The molecule has 0 aromatic rings. The van der Waals surface area contributed by atoms with Gasteiger partial charge < -0.3 is 41.0 Å². The largest absolute Gasteiger partial charge is 1.00 e. The van der Waals surface area contributed by atoms with Gasteiger partial charge in [-0.1, -0.05) is 96.8 Å². The topological polar surface area (TPSA) is 115 Å². The van der Waals surface area contributed by atoms with E-state index in [0.717, 1.165) is 13.0 Å². The van der Waals surface area contributed by atoms with Gasteiger partial charge in [-0.2, -0.15) is 0 Å². The second-order valence-electron chi connectivity index (χ2n) is 10.5. The van der Waals surface area contributed by atoms with E-state index in [1.807, 2.05) is 0 Å². The van der Waals surface area contributed by atoms with Crippen molar-refractivity contribution in [2.45, 2.75) is 128 Å². The third-order valence-electron chi connectivity index (χ3n) is 6.62. The van der Waals surface area contributed by atoms with Crippen LogP contribution in [0.3, 0.4) is 0 Å². The maximum Gasteiger partial charge on any atom is 0.340 e. The molecule has 0 aliphatic rings. The average molecular weight is 595 g/mol. The molecule has 0 heterocycles. The van der Waals surface area contributed by atoms with Crippen molar-refractivity contribution >= 4 is 15.2 Å². The quantitative estimate of drug-likeness (QED) is 0.0814. The Labute approximate surface area is 220 Å². The van der Waals surface area contributed by atoms with Crippen LogP contribution in [-0.2, 0) is 9.13 Å². The van der Waals surface area contributed by atoms with Crippen molar-refractivity contribution in [2.24, 2.45) is 0 Å². The smallest absolute Gasteiger partial charge is 0.340 e. The Balaban J connectivity index is 0. The van der Waals surface area contributed by atoms with Gasteiger partial charge in [0.25, 0.3) is 0 Å².